The molecular formula is C13H17F2N3O2. The van der Waals surface area contributed by atoms with Crippen LogP contribution in [0.4, 0.5) is 19.3 Å². The van der Waals surface area contributed by atoms with E-state index in [1.807, 2.05) is 13.8 Å². The highest BCUT2D eigenvalue weighted by molar-refractivity contribution is 5.94. The third kappa shape index (κ3) is 5.21. The van der Waals surface area contributed by atoms with Gasteiger partial charge in [-0.05, 0) is 25.5 Å². The Bertz CT molecular complexity index is 495. The van der Waals surface area contributed by atoms with Gasteiger partial charge in [0.05, 0.1) is 6.54 Å². The Balaban J connectivity index is 2.40. The number of anilines is 1. The third-order valence-corrected chi connectivity index (χ3v) is 2.60. The van der Waals surface area contributed by atoms with Gasteiger partial charge in [-0.15, -0.1) is 0 Å². The Hall–Kier alpha value is -2.18. The van der Waals surface area contributed by atoms with E-state index in [9.17, 15) is 18.4 Å². The van der Waals surface area contributed by atoms with Crippen LogP contribution in [-0.4, -0.2) is 24.5 Å². The quantitative estimate of drug-likeness (QED) is 0.774. The molecule has 0 spiro atoms. The molecule has 110 valence electrons. The number of urea groups is 1. The van der Waals surface area contributed by atoms with Crippen molar-refractivity contribution in [2.45, 2.75) is 26.3 Å². The van der Waals surface area contributed by atoms with Crippen LogP contribution in [0.25, 0.3) is 0 Å². The van der Waals surface area contributed by atoms with E-state index in [0.717, 1.165) is 18.6 Å². The Labute approximate surface area is 115 Å². The SMILES string of the molecule is CCC(C)NC(=O)NCC(=O)Nc1ccc(F)c(F)c1. The predicted molar refractivity (Wildman–Crippen MR) is 71.3 cm³/mol. The van der Waals surface area contributed by atoms with Gasteiger partial charge < -0.3 is 16.0 Å². The maximum Gasteiger partial charge on any atom is 0.315 e. The van der Waals surface area contributed by atoms with Crippen LogP contribution in [0, 0.1) is 11.6 Å². The molecular weight excluding hydrogens is 268 g/mol. The van der Waals surface area contributed by atoms with Gasteiger partial charge in [0, 0.05) is 17.8 Å². The Morgan fingerprint density at radius 2 is 1.95 bits per heavy atom. The lowest BCUT2D eigenvalue weighted by Gasteiger charge is -2.12. The van der Waals surface area contributed by atoms with Gasteiger partial charge in [-0.2, -0.15) is 0 Å². The number of hydrogen-bond donors (Lipinski definition) is 3. The molecule has 0 saturated carbocycles. The maximum atomic E-state index is 12.9. The summed E-state index contributed by atoms with van der Waals surface area (Å²) in [7, 11) is 0. The molecule has 0 heterocycles. The van der Waals surface area contributed by atoms with Crippen LogP contribution in [0.2, 0.25) is 0 Å². The van der Waals surface area contributed by atoms with Crippen molar-refractivity contribution in [2.75, 3.05) is 11.9 Å². The fourth-order valence-electron chi connectivity index (χ4n) is 1.32. The van der Waals surface area contributed by atoms with Gasteiger partial charge in [-0.25, -0.2) is 13.6 Å². The monoisotopic (exact) mass is 285 g/mol. The molecule has 0 aliphatic heterocycles. The highest BCUT2D eigenvalue weighted by atomic mass is 19.2. The van der Waals surface area contributed by atoms with E-state index >= 15 is 0 Å². The molecule has 0 radical (unpaired) electrons. The number of carbonyl (C=O) groups is 2. The number of halogens is 2. The lowest BCUT2D eigenvalue weighted by molar-refractivity contribution is -0.115. The van der Waals surface area contributed by atoms with Crippen LogP contribution in [0.5, 0.6) is 0 Å². The molecule has 0 saturated heterocycles. The zero-order valence-corrected chi connectivity index (χ0v) is 11.3. The normalized spacial score (nSPS) is 11.6. The Kier molecular flexibility index (Phi) is 5.89. The highest BCUT2D eigenvalue weighted by Gasteiger charge is 2.09. The third-order valence-electron chi connectivity index (χ3n) is 2.60. The molecule has 20 heavy (non-hydrogen) atoms. The second-order valence-electron chi connectivity index (χ2n) is 4.31. The lowest BCUT2D eigenvalue weighted by Crippen LogP contribution is -2.43. The Morgan fingerprint density at radius 3 is 2.55 bits per heavy atom. The van der Waals surface area contributed by atoms with Crippen LogP contribution in [0.3, 0.4) is 0 Å². The van der Waals surface area contributed by atoms with Crippen molar-refractivity contribution in [3.8, 4) is 0 Å². The number of carbonyl (C=O) groups excluding carboxylic acids is 2. The number of hydrogen-bond acceptors (Lipinski definition) is 2. The van der Waals surface area contributed by atoms with Crippen LogP contribution in [0.1, 0.15) is 20.3 Å². The first-order valence-electron chi connectivity index (χ1n) is 6.21. The molecule has 1 rings (SSSR count). The van der Waals surface area contributed by atoms with Crippen LogP contribution in [-0.2, 0) is 4.79 Å². The first-order valence-corrected chi connectivity index (χ1v) is 6.21. The van der Waals surface area contributed by atoms with E-state index in [1.54, 1.807) is 0 Å². The van der Waals surface area contributed by atoms with E-state index in [2.05, 4.69) is 16.0 Å². The van der Waals surface area contributed by atoms with Gasteiger partial charge in [0.25, 0.3) is 0 Å². The minimum Gasteiger partial charge on any atom is -0.336 e. The molecule has 5 nitrogen and oxygen atoms in total. The van der Waals surface area contributed by atoms with E-state index in [1.165, 1.54) is 6.07 Å². The smallest absolute Gasteiger partial charge is 0.315 e. The highest BCUT2D eigenvalue weighted by Crippen LogP contribution is 2.12. The minimum atomic E-state index is -1.05. The maximum absolute atomic E-state index is 12.9. The summed E-state index contributed by atoms with van der Waals surface area (Å²) in [5.74, 6) is -2.57. The molecule has 0 fully saturated rings. The average molecular weight is 285 g/mol. The average Bonchev–Trinajstić information content (AvgIpc) is 2.40. The van der Waals surface area contributed by atoms with Gasteiger partial charge in [0.1, 0.15) is 0 Å². The number of rotatable bonds is 5. The lowest BCUT2D eigenvalue weighted by atomic mass is 10.3. The molecule has 0 aliphatic rings. The van der Waals surface area contributed by atoms with Gasteiger partial charge in [-0.3, -0.25) is 4.79 Å². The predicted octanol–water partition coefficient (Wildman–Crippen LogP) is 2.00. The zero-order chi connectivity index (χ0) is 15.1. The van der Waals surface area contributed by atoms with Gasteiger partial charge in [0.15, 0.2) is 11.6 Å². The summed E-state index contributed by atoms with van der Waals surface area (Å²) in [6, 6.07) is 2.56. The Morgan fingerprint density at radius 1 is 1.25 bits per heavy atom. The van der Waals surface area contributed by atoms with E-state index in [4.69, 9.17) is 0 Å². The molecule has 1 atom stereocenters. The van der Waals surface area contributed by atoms with Crippen molar-refractivity contribution in [2.24, 2.45) is 0 Å². The molecule has 3 N–H and O–H groups in total. The second-order valence-corrected chi connectivity index (χ2v) is 4.31. The molecule has 1 aromatic rings. The molecule has 0 aromatic heterocycles. The summed E-state index contributed by atoms with van der Waals surface area (Å²) in [5, 5.41) is 7.33. The number of amides is 3. The first kappa shape index (κ1) is 15.9. The summed E-state index contributed by atoms with van der Waals surface area (Å²) in [4.78, 5) is 22.9. The molecule has 0 aliphatic carbocycles. The van der Waals surface area contributed by atoms with Crippen LogP contribution in [0.15, 0.2) is 18.2 Å². The molecule has 1 aromatic carbocycles. The van der Waals surface area contributed by atoms with E-state index < -0.39 is 23.6 Å². The van der Waals surface area contributed by atoms with Crippen LogP contribution >= 0.6 is 0 Å². The van der Waals surface area contributed by atoms with Crippen molar-refractivity contribution >= 4 is 17.6 Å². The summed E-state index contributed by atoms with van der Waals surface area (Å²) in [6.45, 7) is 3.49. The molecule has 0 bridgehead atoms. The summed E-state index contributed by atoms with van der Waals surface area (Å²) in [6.07, 6.45) is 0.772. The van der Waals surface area contributed by atoms with Crippen molar-refractivity contribution in [3.63, 3.8) is 0 Å². The zero-order valence-electron chi connectivity index (χ0n) is 11.3. The number of benzene rings is 1. The molecule has 1 unspecified atom stereocenters. The summed E-state index contributed by atoms with van der Waals surface area (Å²) >= 11 is 0. The fourth-order valence-corrected chi connectivity index (χ4v) is 1.32. The minimum absolute atomic E-state index is 0.00394. The van der Waals surface area contributed by atoms with Gasteiger partial charge in [0.2, 0.25) is 5.91 Å². The van der Waals surface area contributed by atoms with Crippen molar-refractivity contribution in [3.05, 3.63) is 29.8 Å². The van der Waals surface area contributed by atoms with Crippen molar-refractivity contribution in [1.29, 1.82) is 0 Å². The summed E-state index contributed by atoms with van der Waals surface area (Å²) < 4.78 is 25.6. The number of nitrogens with one attached hydrogen (secondary N) is 3. The largest absolute Gasteiger partial charge is 0.336 e. The standard InChI is InChI=1S/C13H17F2N3O2/c1-3-8(2)17-13(20)16-7-12(19)18-9-4-5-10(14)11(15)6-9/h4-6,8H,3,7H2,1-2H3,(H,18,19)(H2,16,17,20). The van der Waals surface area contributed by atoms with Crippen molar-refractivity contribution < 1.29 is 18.4 Å². The second kappa shape index (κ2) is 7.42. The summed E-state index contributed by atoms with van der Waals surface area (Å²) in [5.41, 5.74) is 0.123. The molecule has 3 amide bonds. The fraction of sp³-hybridized carbons (Fsp3) is 0.385. The van der Waals surface area contributed by atoms with Gasteiger partial charge in [-0.1, -0.05) is 6.92 Å². The molecule has 7 heteroatoms. The van der Waals surface area contributed by atoms with E-state index in [0.29, 0.717) is 0 Å². The van der Waals surface area contributed by atoms with Gasteiger partial charge >= 0.3 is 6.03 Å². The van der Waals surface area contributed by atoms with Crippen LogP contribution < -0.4 is 16.0 Å². The van der Waals surface area contributed by atoms with Crippen molar-refractivity contribution in [1.82, 2.24) is 10.6 Å². The topological polar surface area (TPSA) is 70.2 Å². The van der Waals surface area contributed by atoms with E-state index in [-0.39, 0.29) is 18.3 Å². The first-order chi connectivity index (χ1) is 9.42.